The average molecular weight is 340 g/mol. The van der Waals surface area contributed by atoms with Gasteiger partial charge in [0.15, 0.2) is 0 Å². The first kappa shape index (κ1) is 17.0. The largest absolute Gasteiger partial charge is 0.471 e. The fourth-order valence-electron chi connectivity index (χ4n) is 2.85. The quantitative estimate of drug-likeness (QED) is 0.825. The SMILES string of the molecule is COCCC(=O)N1Cc2cccn2C[C@@H](Oc2ccc(C#N)cn2)C1. The van der Waals surface area contributed by atoms with Gasteiger partial charge in [-0.3, -0.25) is 4.79 Å². The summed E-state index contributed by atoms with van der Waals surface area (Å²) >= 11 is 0. The standard InChI is InChI=1S/C18H20N4O3/c1-24-8-6-18(23)22-11-15-3-2-7-21(15)12-16(13-22)25-17-5-4-14(9-19)10-20-17/h2-5,7,10,16H,6,8,11-13H2,1H3/t16-/m1/s1. The number of pyridine rings is 1. The summed E-state index contributed by atoms with van der Waals surface area (Å²) in [6.45, 7) is 2.07. The third-order valence-electron chi connectivity index (χ3n) is 4.13. The average Bonchev–Trinajstić information content (AvgIpc) is 2.99. The normalized spacial score (nSPS) is 16.6. The van der Waals surface area contributed by atoms with Crippen molar-refractivity contribution in [2.24, 2.45) is 0 Å². The van der Waals surface area contributed by atoms with Crippen molar-refractivity contribution in [3.8, 4) is 11.9 Å². The van der Waals surface area contributed by atoms with Gasteiger partial charge in [0.05, 0.1) is 38.2 Å². The number of aromatic nitrogens is 2. The van der Waals surface area contributed by atoms with E-state index >= 15 is 0 Å². The molecule has 3 rings (SSSR count). The highest BCUT2D eigenvalue weighted by Crippen LogP contribution is 2.18. The second kappa shape index (κ2) is 7.81. The molecule has 2 aromatic rings. The van der Waals surface area contributed by atoms with Gasteiger partial charge in [-0.25, -0.2) is 4.98 Å². The van der Waals surface area contributed by atoms with Crippen molar-refractivity contribution in [3.05, 3.63) is 47.9 Å². The zero-order chi connectivity index (χ0) is 17.6. The Hall–Kier alpha value is -2.85. The zero-order valence-corrected chi connectivity index (χ0v) is 14.1. The first-order chi connectivity index (χ1) is 12.2. The molecule has 3 heterocycles. The van der Waals surface area contributed by atoms with E-state index in [0.717, 1.165) is 5.69 Å². The minimum absolute atomic E-state index is 0.0397. The van der Waals surface area contributed by atoms with Gasteiger partial charge in [-0.2, -0.15) is 5.26 Å². The minimum Gasteiger partial charge on any atom is -0.471 e. The Morgan fingerprint density at radius 2 is 2.28 bits per heavy atom. The van der Waals surface area contributed by atoms with Gasteiger partial charge in [0.1, 0.15) is 12.2 Å². The number of nitrogens with zero attached hydrogens (tertiary/aromatic N) is 4. The molecule has 0 spiro atoms. The van der Waals surface area contributed by atoms with Gasteiger partial charge in [-0.15, -0.1) is 0 Å². The summed E-state index contributed by atoms with van der Waals surface area (Å²) in [7, 11) is 1.59. The Bertz CT molecular complexity index is 763. The molecular weight excluding hydrogens is 320 g/mol. The molecule has 1 amide bonds. The smallest absolute Gasteiger partial charge is 0.225 e. The monoisotopic (exact) mass is 340 g/mol. The van der Waals surface area contributed by atoms with Crippen LogP contribution in [0.1, 0.15) is 17.7 Å². The van der Waals surface area contributed by atoms with Crippen LogP contribution in [0.25, 0.3) is 0 Å². The molecule has 25 heavy (non-hydrogen) atoms. The lowest BCUT2D eigenvalue weighted by Crippen LogP contribution is -2.39. The van der Waals surface area contributed by atoms with Crippen LogP contribution in [0.15, 0.2) is 36.7 Å². The number of hydrogen-bond acceptors (Lipinski definition) is 5. The molecule has 0 fully saturated rings. The van der Waals surface area contributed by atoms with E-state index in [9.17, 15) is 4.79 Å². The molecule has 7 nitrogen and oxygen atoms in total. The van der Waals surface area contributed by atoms with Crippen LogP contribution in [-0.4, -0.2) is 46.7 Å². The number of amides is 1. The molecule has 130 valence electrons. The Morgan fingerprint density at radius 1 is 1.40 bits per heavy atom. The third kappa shape index (κ3) is 4.17. The van der Waals surface area contributed by atoms with Gasteiger partial charge in [-0.1, -0.05) is 0 Å². The molecule has 0 radical (unpaired) electrons. The second-order valence-electron chi connectivity index (χ2n) is 5.91. The summed E-state index contributed by atoms with van der Waals surface area (Å²) in [5.74, 6) is 0.488. The predicted molar refractivity (Wildman–Crippen MR) is 89.7 cm³/mol. The van der Waals surface area contributed by atoms with Crippen LogP contribution in [-0.2, 0) is 22.6 Å². The zero-order valence-electron chi connectivity index (χ0n) is 14.1. The molecule has 0 aliphatic carbocycles. The molecule has 0 aromatic carbocycles. The lowest BCUT2D eigenvalue weighted by molar-refractivity contribution is -0.133. The van der Waals surface area contributed by atoms with Crippen molar-refractivity contribution in [2.45, 2.75) is 25.6 Å². The summed E-state index contributed by atoms with van der Waals surface area (Å²) < 4.78 is 13.1. The van der Waals surface area contributed by atoms with Crippen LogP contribution in [0, 0.1) is 11.3 Å². The number of methoxy groups -OCH3 is 1. The summed E-state index contributed by atoms with van der Waals surface area (Å²) in [6.07, 6.45) is 3.59. The number of carbonyl (C=O) groups is 1. The van der Waals surface area contributed by atoms with Crippen molar-refractivity contribution in [2.75, 3.05) is 20.3 Å². The summed E-state index contributed by atoms with van der Waals surface area (Å²) in [5.41, 5.74) is 1.56. The van der Waals surface area contributed by atoms with Crippen molar-refractivity contribution >= 4 is 5.91 Å². The van der Waals surface area contributed by atoms with Crippen molar-refractivity contribution in [3.63, 3.8) is 0 Å². The summed E-state index contributed by atoms with van der Waals surface area (Å²) in [6, 6.07) is 9.36. The number of nitriles is 1. The molecule has 0 bridgehead atoms. The number of fused-ring (bicyclic) bond motifs is 1. The Kier molecular flexibility index (Phi) is 5.31. The third-order valence-corrected chi connectivity index (χ3v) is 4.13. The molecule has 0 unspecified atom stereocenters. The summed E-state index contributed by atoms with van der Waals surface area (Å²) in [5, 5.41) is 8.85. The number of rotatable bonds is 5. The lowest BCUT2D eigenvalue weighted by atomic mass is 10.3. The fraction of sp³-hybridized carbons (Fsp3) is 0.389. The molecule has 1 aliphatic rings. The first-order valence-corrected chi connectivity index (χ1v) is 8.13. The maximum atomic E-state index is 12.5. The van der Waals surface area contributed by atoms with Gasteiger partial charge >= 0.3 is 0 Å². The van der Waals surface area contributed by atoms with E-state index in [1.54, 1.807) is 24.1 Å². The van der Waals surface area contributed by atoms with Crippen molar-refractivity contribution < 1.29 is 14.3 Å². The maximum Gasteiger partial charge on any atom is 0.225 e. The van der Waals surface area contributed by atoms with Crippen LogP contribution in [0.2, 0.25) is 0 Å². The van der Waals surface area contributed by atoms with E-state index in [-0.39, 0.29) is 12.0 Å². The number of ether oxygens (including phenoxy) is 2. The Balaban J connectivity index is 1.75. The van der Waals surface area contributed by atoms with E-state index in [2.05, 4.69) is 9.55 Å². The fourth-order valence-corrected chi connectivity index (χ4v) is 2.85. The van der Waals surface area contributed by atoms with Gasteiger partial charge in [0.2, 0.25) is 11.8 Å². The molecule has 0 N–H and O–H groups in total. The molecule has 2 aromatic heterocycles. The van der Waals surface area contributed by atoms with Crippen molar-refractivity contribution in [1.29, 1.82) is 5.26 Å². The molecule has 0 saturated heterocycles. The van der Waals surface area contributed by atoms with E-state index in [1.165, 1.54) is 6.20 Å². The highest BCUT2D eigenvalue weighted by Gasteiger charge is 2.26. The van der Waals surface area contributed by atoms with Gasteiger partial charge in [0.25, 0.3) is 0 Å². The molecule has 0 saturated carbocycles. The van der Waals surface area contributed by atoms with Crippen LogP contribution < -0.4 is 4.74 Å². The number of hydrogen-bond donors (Lipinski definition) is 0. The molecular formula is C18H20N4O3. The van der Waals surface area contributed by atoms with Crippen LogP contribution in [0.5, 0.6) is 5.88 Å². The lowest BCUT2D eigenvalue weighted by Gasteiger charge is -2.24. The van der Waals surface area contributed by atoms with Gasteiger partial charge in [-0.05, 0) is 18.2 Å². The van der Waals surface area contributed by atoms with E-state index < -0.39 is 0 Å². The van der Waals surface area contributed by atoms with E-state index in [4.69, 9.17) is 14.7 Å². The summed E-state index contributed by atoms with van der Waals surface area (Å²) in [4.78, 5) is 18.4. The van der Waals surface area contributed by atoms with Crippen LogP contribution in [0.3, 0.4) is 0 Å². The molecule has 1 atom stereocenters. The molecule has 1 aliphatic heterocycles. The predicted octanol–water partition coefficient (Wildman–Crippen LogP) is 1.58. The Morgan fingerprint density at radius 3 is 3.00 bits per heavy atom. The van der Waals surface area contributed by atoms with E-state index in [1.807, 2.05) is 24.4 Å². The minimum atomic E-state index is -0.222. The van der Waals surface area contributed by atoms with Gasteiger partial charge < -0.3 is 18.9 Å². The highest BCUT2D eigenvalue weighted by atomic mass is 16.5. The van der Waals surface area contributed by atoms with Crippen LogP contribution >= 0.6 is 0 Å². The first-order valence-electron chi connectivity index (χ1n) is 8.13. The topological polar surface area (TPSA) is 80.4 Å². The number of carbonyl (C=O) groups excluding carboxylic acids is 1. The highest BCUT2D eigenvalue weighted by molar-refractivity contribution is 5.76. The molecule has 7 heteroatoms. The van der Waals surface area contributed by atoms with Crippen LogP contribution in [0.4, 0.5) is 0 Å². The van der Waals surface area contributed by atoms with Gasteiger partial charge in [0, 0.05) is 31.3 Å². The van der Waals surface area contributed by atoms with Crippen molar-refractivity contribution in [1.82, 2.24) is 14.5 Å². The Labute approximate surface area is 146 Å². The second-order valence-corrected chi connectivity index (χ2v) is 5.91. The maximum absolute atomic E-state index is 12.5. The van der Waals surface area contributed by atoms with E-state index in [0.29, 0.717) is 44.1 Å².